The molecule has 2 atom stereocenters. The van der Waals surface area contributed by atoms with Gasteiger partial charge in [0.05, 0.1) is 0 Å². The Morgan fingerprint density at radius 2 is 2.00 bits per heavy atom. The second kappa shape index (κ2) is 5.25. The van der Waals surface area contributed by atoms with Gasteiger partial charge in [0, 0.05) is 24.7 Å². The van der Waals surface area contributed by atoms with Crippen LogP contribution in [0.2, 0.25) is 0 Å². The van der Waals surface area contributed by atoms with Crippen LogP contribution in [0.15, 0.2) is 0 Å². The summed E-state index contributed by atoms with van der Waals surface area (Å²) in [6.07, 6.45) is 2.38. The van der Waals surface area contributed by atoms with E-state index in [4.69, 9.17) is 5.73 Å². The Bertz CT molecular complexity index is 246. The summed E-state index contributed by atoms with van der Waals surface area (Å²) in [4.78, 5) is 4.95. The van der Waals surface area contributed by atoms with Crippen LogP contribution in [0, 0.1) is 5.41 Å². The lowest BCUT2D eigenvalue weighted by atomic mass is 9.81. The van der Waals surface area contributed by atoms with Gasteiger partial charge in [0.15, 0.2) is 0 Å². The van der Waals surface area contributed by atoms with Crippen LogP contribution in [0.1, 0.15) is 40.5 Å². The lowest BCUT2D eigenvalue weighted by Crippen LogP contribution is -2.61. The minimum atomic E-state index is 0.208. The van der Waals surface area contributed by atoms with Gasteiger partial charge in [-0.3, -0.25) is 4.90 Å². The zero-order valence-electron chi connectivity index (χ0n) is 12.6. The first-order chi connectivity index (χ1) is 7.70. The predicted molar refractivity (Wildman–Crippen MR) is 75.2 cm³/mol. The van der Waals surface area contributed by atoms with Crippen molar-refractivity contribution in [1.29, 1.82) is 0 Å². The Morgan fingerprint density at radius 1 is 1.41 bits per heavy atom. The molecular weight excluding hydrogens is 210 g/mol. The number of piperidine rings is 1. The fraction of sp³-hybridized carbons (Fsp3) is 1.00. The van der Waals surface area contributed by atoms with Gasteiger partial charge >= 0.3 is 0 Å². The fourth-order valence-electron chi connectivity index (χ4n) is 2.98. The van der Waals surface area contributed by atoms with Crippen LogP contribution in [0.25, 0.3) is 0 Å². The molecule has 0 aromatic heterocycles. The molecule has 1 fully saturated rings. The van der Waals surface area contributed by atoms with Crippen LogP contribution in [0.5, 0.6) is 0 Å². The summed E-state index contributed by atoms with van der Waals surface area (Å²) in [6.45, 7) is 12.3. The van der Waals surface area contributed by atoms with Crippen molar-refractivity contribution in [3.05, 3.63) is 0 Å². The summed E-state index contributed by atoms with van der Waals surface area (Å²) < 4.78 is 0. The van der Waals surface area contributed by atoms with Gasteiger partial charge in [0.25, 0.3) is 0 Å². The van der Waals surface area contributed by atoms with E-state index in [1.165, 1.54) is 12.8 Å². The van der Waals surface area contributed by atoms with Crippen molar-refractivity contribution in [3.8, 4) is 0 Å². The van der Waals surface area contributed by atoms with Gasteiger partial charge < -0.3 is 10.6 Å². The van der Waals surface area contributed by atoms with Crippen molar-refractivity contribution in [2.45, 2.75) is 52.1 Å². The Kier molecular flexibility index (Phi) is 4.61. The second-order valence-electron chi connectivity index (χ2n) is 7.13. The molecule has 1 saturated heterocycles. The minimum absolute atomic E-state index is 0.208. The molecule has 0 saturated carbocycles. The van der Waals surface area contributed by atoms with Crippen LogP contribution in [0.3, 0.4) is 0 Å². The van der Waals surface area contributed by atoms with E-state index in [9.17, 15) is 0 Å². The zero-order chi connectivity index (χ0) is 13.3. The van der Waals surface area contributed by atoms with E-state index in [0.717, 1.165) is 19.6 Å². The monoisotopic (exact) mass is 241 g/mol. The van der Waals surface area contributed by atoms with Crippen LogP contribution in [0.4, 0.5) is 0 Å². The third-order valence-electron chi connectivity index (χ3n) is 4.26. The van der Waals surface area contributed by atoms with Gasteiger partial charge in [-0.25, -0.2) is 0 Å². The highest BCUT2D eigenvalue weighted by atomic mass is 15.2. The van der Waals surface area contributed by atoms with Gasteiger partial charge in [-0.2, -0.15) is 0 Å². The normalized spacial score (nSPS) is 32.1. The summed E-state index contributed by atoms with van der Waals surface area (Å²) in [5.74, 6) is 0. The molecule has 1 aliphatic rings. The molecular formula is C14H31N3. The third-order valence-corrected chi connectivity index (χ3v) is 4.26. The van der Waals surface area contributed by atoms with Gasteiger partial charge in [-0.15, -0.1) is 0 Å². The van der Waals surface area contributed by atoms with E-state index in [0.29, 0.717) is 11.5 Å². The third kappa shape index (κ3) is 3.67. The first-order valence-corrected chi connectivity index (χ1v) is 6.82. The average molecular weight is 241 g/mol. The topological polar surface area (TPSA) is 32.5 Å². The van der Waals surface area contributed by atoms with E-state index >= 15 is 0 Å². The van der Waals surface area contributed by atoms with E-state index < -0.39 is 0 Å². The molecule has 17 heavy (non-hydrogen) atoms. The van der Waals surface area contributed by atoms with Crippen LogP contribution in [-0.2, 0) is 0 Å². The van der Waals surface area contributed by atoms with Gasteiger partial charge in [0.2, 0.25) is 0 Å². The molecule has 1 aliphatic heterocycles. The molecule has 1 rings (SSSR count). The van der Waals surface area contributed by atoms with Crippen molar-refractivity contribution in [1.82, 2.24) is 9.80 Å². The molecule has 0 amide bonds. The van der Waals surface area contributed by atoms with Crippen LogP contribution < -0.4 is 5.73 Å². The minimum Gasteiger partial charge on any atom is -0.329 e. The number of rotatable bonds is 3. The average Bonchev–Trinajstić information content (AvgIpc) is 2.20. The van der Waals surface area contributed by atoms with Crippen molar-refractivity contribution < 1.29 is 0 Å². The summed E-state index contributed by atoms with van der Waals surface area (Å²) >= 11 is 0. The summed E-state index contributed by atoms with van der Waals surface area (Å²) in [5, 5.41) is 0. The van der Waals surface area contributed by atoms with Crippen LogP contribution in [-0.4, -0.2) is 55.1 Å². The number of likely N-dealkylation sites (tertiary alicyclic amines) is 1. The molecule has 0 radical (unpaired) electrons. The molecule has 3 nitrogen and oxygen atoms in total. The lowest BCUT2D eigenvalue weighted by Gasteiger charge is -2.50. The van der Waals surface area contributed by atoms with E-state index in [-0.39, 0.29) is 5.54 Å². The molecule has 0 spiro atoms. The number of hydrogen-bond acceptors (Lipinski definition) is 3. The molecule has 0 aromatic rings. The van der Waals surface area contributed by atoms with Crippen LogP contribution >= 0.6 is 0 Å². The van der Waals surface area contributed by atoms with Gasteiger partial charge in [-0.1, -0.05) is 20.8 Å². The lowest BCUT2D eigenvalue weighted by molar-refractivity contribution is 0.00985. The maximum Gasteiger partial charge on any atom is 0.0355 e. The first-order valence-electron chi connectivity index (χ1n) is 6.82. The number of nitrogens with zero attached hydrogens (tertiary/aromatic N) is 2. The summed E-state index contributed by atoms with van der Waals surface area (Å²) in [5.41, 5.74) is 6.65. The SMILES string of the molecule is CC1CC(CN)(N(C)CC(C)(C)C)CCN1C. The molecule has 2 N–H and O–H groups in total. The molecule has 102 valence electrons. The van der Waals surface area contributed by atoms with E-state index in [1.807, 2.05) is 0 Å². The van der Waals surface area contributed by atoms with E-state index in [2.05, 4.69) is 51.6 Å². The first kappa shape index (κ1) is 14.9. The Morgan fingerprint density at radius 3 is 2.41 bits per heavy atom. The standard InChI is InChI=1S/C14H31N3/c1-12-9-14(10-15,7-8-16(12)5)17(6)11-13(2,3)4/h12H,7-11,15H2,1-6H3. The predicted octanol–water partition coefficient (Wildman–Crippen LogP) is 1.78. The highest BCUT2D eigenvalue weighted by Crippen LogP contribution is 2.32. The highest BCUT2D eigenvalue weighted by Gasteiger charge is 2.40. The quantitative estimate of drug-likeness (QED) is 0.817. The maximum atomic E-state index is 6.11. The molecule has 1 heterocycles. The summed E-state index contributed by atoms with van der Waals surface area (Å²) in [6, 6.07) is 0.634. The van der Waals surface area contributed by atoms with Crippen molar-refractivity contribution >= 4 is 0 Å². The number of hydrogen-bond donors (Lipinski definition) is 1. The van der Waals surface area contributed by atoms with Crippen molar-refractivity contribution in [3.63, 3.8) is 0 Å². The largest absolute Gasteiger partial charge is 0.329 e. The second-order valence-corrected chi connectivity index (χ2v) is 7.13. The van der Waals surface area contributed by atoms with E-state index in [1.54, 1.807) is 0 Å². The smallest absolute Gasteiger partial charge is 0.0355 e. The van der Waals surface area contributed by atoms with Gasteiger partial charge in [-0.05, 0) is 45.8 Å². The number of nitrogens with two attached hydrogens (primary N) is 1. The Hall–Kier alpha value is -0.120. The fourth-order valence-corrected chi connectivity index (χ4v) is 2.98. The zero-order valence-corrected chi connectivity index (χ0v) is 12.6. The molecule has 2 unspecified atom stereocenters. The van der Waals surface area contributed by atoms with Gasteiger partial charge in [0.1, 0.15) is 0 Å². The highest BCUT2D eigenvalue weighted by molar-refractivity contribution is 4.98. The molecule has 3 heteroatoms. The molecule has 0 aromatic carbocycles. The summed E-state index contributed by atoms with van der Waals surface area (Å²) in [7, 11) is 4.46. The molecule has 0 bridgehead atoms. The van der Waals surface area contributed by atoms with Crippen molar-refractivity contribution in [2.75, 3.05) is 33.7 Å². The Labute approximate surface area is 107 Å². The van der Waals surface area contributed by atoms with Crippen molar-refractivity contribution in [2.24, 2.45) is 11.1 Å². The molecule has 0 aliphatic carbocycles. The maximum absolute atomic E-state index is 6.11. The number of likely N-dealkylation sites (N-methyl/N-ethyl adjacent to an activating group) is 1. The Balaban J connectivity index is 2.75.